The molecule has 22 heteroatoms. The zero-order valence-corrected chi connectivity index (χ0v) is 34.1. The van der Waals surface area contributed by atoms with Crippen LogP contribution in [0.3, 0.4) is 0 Å². The third-order valence-corrected chi connectivity index (χ3v) is 13.6. The van der Waals surface area contributed by atoms with Gasteiger partial charge < -0.3 is 67.1 Å². The van der Waals surface area contributed by atoms with Crippen molar-refractivity contribution in [1.29, 1.82) is 0 Å². The average molecular weight is 861 g/mol. The van der Waals surface area contributed by atoms with E-state index in [0.29, 0.717) is 84.4 Å². The Kier molecular flexibility index (Phi) is 41.7. The molecule has 0 rings (SSSR count). The Balaban J connectivity index is 5.17. The van der Waals surface area contributed by atoms with E-state index < -0.39 is 12.2 Å². The first kappa shape index (κ1) is 51.2. The number of aliphatic hydroxyl groups excluding tert-OH is 4. The maximum atomic E-state index is 9.47. The molecular weight excluding hydrogens is 805 g/mol. The minimum absolute atomic E-state index is 0.0539. The lowest BCUT2D eigenvalue weighted by Gasteiger charge is -2.24. The molecule has 8 N–H and O–H groups in total. The Bertz CT molecular complexity index is 677. The van der Waals surface area contributed by atoms with Crippen LogP contribution in [0.25, 0.3) is 0 Å². The molecule has 0 amide bonds. The van der Waals surface area contributed by atoms with Gasteiger partial charge in [-0.2, -0.15) is 47.0 Å². The Hall–Kier alpha value is 2.24. The third-order valence-electron chi connectivity index (χ3n) is 5.81. The van der Waals surface area contributed by atoms with Crippen molar-refractivity contribution >= 4 is 95.2 Å². The van der Waals surface area contributed by atoms with Crippen LogP contribution in [0.5, 0.6) is 0 Å². The van der Waals surface area contributed by atoms with Crippen LogP contribution in [0, 0.1) is 0 Å². The molecule has 0 fully saturated rings. The van der Waals surface area contributed by atoms with E-state index in [9.17, 15) is 19.3 Å². The lowest BCUT2D eigenvalue weighted by Crippen LogP contribution is -2.33. The third kappa shape index (κ3) is 32.2. The predicted octanol–water partition coefficient (Wildman–Crippen LogP) is 2.98. The van der Waals surface area contributed by atoms with Crippen molar-refractivity contribution in [2.45, 2.75) is 33.2 Å². The van der Waals surface area contributed by atoms with Gasteiger partial charge in [0.2, 0.25) is 0 Å². The van der Waals surface area contributed by atoms with Crippen LogP contribution in [0.2, 0.25) is 0 Å². The average Bonchev–Trinajstić information content (AvgIpc) is 3.11. The van der Waals surface area contributed by atoms with E-state index in [2.05, 4.69) is 0 Å². The molecule has 0 aromatic heterocycles. The molecule has 0 aromatic carbocycles. The topological polar surface area (TPSA) is 217 Å². The highest BCUT2D eigenvalue weighted by molar-refractivity contribution is 8.03. The van der Waals surface area contributed by atoms with Crippen LogP contribution < -0.4 is 0 Å². The van der Waals surface area contributed by atoms with E-state index in [1.165, 1.54) is 0 Å². The standard InChI is InChI=1S/C27H56O14S8/c28-1-5-42-17-24(44-7-3-30)13-36-9-22(40-15-25(45-8-4-31)18-43-6-2-29)11-38-21-39-12-23(41-16-27(49-35)20-47-33)10-37-14-26(48-34)19-46-32/h22-35H,1-21H2. The highest BCUT2D eigenvalue weighted by atomic mass is 32.2. The molecule has 6 unspecified atom stereocenters. The van der Waals surface area contributed by atoms with E-state index in [1.54, 1.807) is 47.0 Å². The fraction of sp³-hybridized carbons (Fsp3) is 1.00. The first-order valence-corrected chi connectivity index (χ1v) is 23.5. The molecule has 0 aliphatic rings. The summed E-state index contributed by atoms with van der Waals surface area (Å²) in [5, 5.41) is 36.4. The molecule has 0 aromatic rings. The Morgan fingerprint density at radius 3 is 1.22 bits per heavy atom. The van der Waals surface area contributed by atoms with Gasteiger partial charge in [-0.15, -0.1) is 0 Å². The van der Waals surface area contributed by atoms with Crippen molar-refractivity contribution in [2.24, 2.45) is 0 Å². The van der Waals surface area contributed by atoms with Gasteiger partial charge in [-0.25, -0.2) is 0 Å². The van der Waals surface area contributed by atoms with E-state index >= 15 is 0 Å². The fourth-order valence-corrected chi connectivity index (χ4v) is 9.10. The van der Waals surface area contributed by atoms with Crippen LogP contribution in [0.4, 0.5) is 0 Å². The highest BCUT2D eigenvalue weighted by Crippen LogP contribution is 2.20. The fourth-order valence-electron chi connectivity index (χ4n) is 3.53. The van der Waals surface area contributed by atoms with Crippen molar-refractivity contribution in [1.82, 2.24) is 0 Å². The van der Waals surface area contributed by atoms with E-state index in [-0.39, 0.29) is 105 Å². The Morgan fingerprint density at radius 2 is 0.796 bits per heavy atom. The van der Waals surface area contributed by atoms with Crippen molar-refractivity contribution in [3.63, 3.8) is 0 Å². The largest absolute Gasteiger partial charge is 0.396 e. The maximum Gasteiger partial charge on any atom is 0.146 e. The van der Waals surface area contributed by atoms with Gasteiger partial charge >= 0.3 is 0 Å². The molecule has 0 bridgehead atoms. The zero-order chi connectivity index (χ0) is 36.2. The second-order valence-electron chi connectivity index (χ2n) is 9.92. The van der Waals surface area contributed by atoms with Gasteiger partial charge in [-0.05, 0) is 48.2 Å². The molecular formula is C27H56O14S8. The maximum absolute atomic E-state index is 9.47. The van der Waals surface area contributed by atoms with Crippen LogP contribution in [-0.2, 0) is 28.4 Å². The van der Waals surface area contributed by atoms with Gasteiger partial charge in [0.25, 0.3) is 0 Å². The summed E-state index contributed by atoms with van der Waals surface area (Å²) in [5.74, 6) is 4.46. The van der Waals surface area contributed by atoms with Crippen molar-refractivity contribution in [3.8, 4) is 0 Å². The highest BCUT2D eigenvalue weighted by Gasteiger charge is 2.20. The minimum atomic E-state index is -0.541. The van der Waals surface area contributed by atoms with E-state index in [4.69, 9.17) is 47.7 Å². The van der Waals surface area contributed by atoms with Crippen LogP contribution in [0.15, 0.2) is 0 Å². The van der Waals surface area contributed by atoms with Gasteiger partial charge in [-0.3, -0.25) is 0 Å². The molecule has 0 aliphatic carbocycles. The lowest BCUT2D eigenvalue weighted by molar-refractivity contribution is -0.131. The summed E-state index contributed by atoms with van der Waals surface area (Å²) in [6, 6.07) is 0. The molecule has 0 radical (unpaired) electrons. The number of ether oxygens (including phenoxy) is 6. The molecule has 296 valence electrons. The summed E-state index contributed by atoms with van der Waals surface area (Å²) in [7, 11) is 0. The first-order valence-electron chi connectivity index (χ1n) is 15.5. The first-order chi connectivity index (χ1) is 24.0. The number of hydrogen-bond donors (Lipinski definition) is 8. The van der Waals surface area contributed by atoms with Crippen LogP contribution in [0.1, 0.15) is 0 Å². The molecule has 14 nitrogen and oxygen atoms in total. The van der Waals surface area contributed by atoms with Gasteiger partial charge in [0, 0.05) is 56.5 Å². The molecule has 0 spiro atoms. The van der Waals surface area contributed by atoms with E-state index in [1.807, 2.05) is 0 Å². The number of aliphatic hydroxyl groups is 4. The Morgan fingerprint density at radius 1 is 0.408 bits per heavy atom. The Labute approximate surface area is 325 Å². The second kappa shape index (κ2) is 39.9. The van der Waals surface area contributed by atoms with Crippen LogP contribution >= 0.6 is 95.2 Å². The summed E-state index contributed by atoms with van der Waals surface area (Å²) in [6.45, 7) is 1.99. The molecule has 0 saturated heterocycles. The zero-order valence-electron chi connectivity index (χ0n) is 27.6. The molecule has 0 aliphatic heterocycles. The molecule has 6 atom stereocenters. The van der Waals surface area contributed by atoms with Crippen molar-refractivity contribution < 1.29 is 67.1 Å². The van der Waals surface area contributed by atoms with Gasteiger partial charge in [0.1, 0.15) is 19.0 Å². The van der Waals surface area contributed by atoms with Gasteiger partial charge in [0.05, 0.1) is 89.8 Å². The number of hydrogen-bond acceptors (Lipinski definition) is 22. The predicted molar refractivity (Wildman–Crippen MR) is 212 cm³/mol. The lowest BCUT2D eigenvalue weighted by atomic mass is 10.4. The minimum Gasteiger partial charge on any atom is -0.396 e. The van der Waals surface area contributed by atoms with Gasteiger partial charge in [-0.1, -0.05) is 0 Å². The summed E-state index contributed by atoms with van der Waals surface area (Å²) in [5.41, 5.74) is 0. The smallest absolute Gasteiger partial charge is 0.146 e. The summed E-state index contributed by atoms with van der Waals surface area (Å²) in [4.78, 5) is 0. The van der Waals surface area contributed by atoms with Crippen molar-refractivity contribution in [2.75, 3.05) is 132 Å². The monoisotopic (exact) mass is 860 g/mol. The quantitative estimate of drug-likeness (QED) is 0.0252. The summed E-state index contributed by atoms with van der Waals surface area (Å²) in [6.07, 6.45) is -0.968. The van der Waals surface area contributed by atoms with Gasteiger partial charge in [0.15, 0.2) is 0 Å². The van der Waals surface area contributed by atoms with Crippen LogP contribution in [-0.4, -0.2) is 204 Å². The molecule has 49 heavy (non-hydrogen) atoms. The summed E-state index contributed by atoms with van der Waals surface area (Å²) >= 11 is 8.86. The molecule has 0 saturated carbocycles. The second-order valence-corrected chi connectivity index (χ2v) is 18.0. The number of thioether (sulfide) groups is 4. The number of rotatable bonds is 40. The normalized spacial score (nSPS) is 15.7. The van der Waals surface area contributed by atoms with Crippen molar-refractivity contribution in [3.05, 3.63) is 0 Å². The summed E-state index contributed by atoms with van der Waals surface area (Å²) < 4.78 is 72.4. The van der Waals surface area contributed by atoms with E-state index in [0.717, 1.165) is 11.5 Å². The SMILES string of the molecule is OCCSCC(COCC(COCOCC(COCC(CSO)SO)OCC(CSO)SO)OCC(CSCCO)SCCO)SCCO. The molecule has 0 heterocycles.